The van der Waals surface area contributed by atoms with E-state index in [4.69, 9.17) is 0 Å². The molecule has 0 heterocycles. The molecule has 1 aromatic carbocycles. The third-order valence-electron chi connectivity index (χ3n) is 1.52. The number of hydrogen-bond acceptors (Lipinski definition) is 1. The molecule has 0 spiro atoms. The van der Waals surface area contributed by atoms with Crippen molar-refractivity contribution in [2.45, 2.75) is 18.7 Å². The van der Waals surface area contributed by atoms with Crippen molar-refractivity contribution in [1.82, 2.24) is 0 Å². The largest absolute Gasteiger partial charge is 0.206 e. The van der Waals surface area contributed by atoms with Gasteiger partial charge in [-0.25, -0.2) is 4.39 Å². The second-order valence-electron chi connectivity index (χ2n) is 2.46. The van der Waals surface area contributed by atoms with Crippen molar-refractivity contribution in [1.29, 1.82) is 0 Å². The van der Waals surface area contributed by atoms with Crippen LogP contribution in [0.25, 0.3) is 0 Å². The predicted octanol–water partition coefficient (Wildman–Crippen LogP) is 4.01. The molecular formula is C9H10BrFS. The van der Waals surface area contributed by atoms with E-state index in [1.54, 1.807) is 17.8 Å². The number of aryl methyl sites for hydroxylation is 1. The molecule has 0 atom stereocenters. The fourth-order valence-electron chi connectivity index (χ4n) is 0.939. The topological polar surface area (TPSA) is 0 Å². The van der Waals surface area contributed by atoms with Crippen molar-refractivity contribution in [3.63, 3.8) is 0 Å². The van der Waals surface area contributed by atoms with Crippen LogP contribution < -0.4 is 0 Å². The lowest BCUT2D eigenvalue weighted by Crippen LogP contribution is -1.84. The Morgan fingerprint density at radius 1 is 1.50 bits per heavy atom. The van der Waals surface area contributed by atoms with Gasteiger partial charge < -0.3 is 0 Å². The Balaban J connectivity index is 3.05. The van der Waals surface area contributed by atoms with Crippen LogP contribution in [0.5, 0.6) is 0 Å². The lowest BCUT2D eigenvalue weighted by atomic mass is 10.2. The molecule has 0 amide bonds. The highest BCUT2D eigenvalue weighted by Crippen LogP contribution is 2.27. The van der Waals surface area contributed by atoms with Crippen LogP contribution >= 0.6 is 27.7 Å². The third-order valence-corrected chi connectivity index (χ3v) is 3.16. The van der Waals surface area contributed by atoms with Gasteiger partial charge >= 0.3 is 0 Å². The Morgan fingerprint density at radius 2 is 2.17 bits per heavy atom. The van der Waals surface area contributed by atoms with E-state index in [0.29, 0.717) is 4.47 Å². The van der Waals surface area contributed by atoms with E-state index < -0.39 is 0 Å². The van der Waals surface area contributed by atoms with E-state index in [-0.39, 0.29) is 5.82 Å². The van der Waals surface area contributed by atoms with Gasteiger partial charge in [-0.1, -0.05) is 6.92 Å². The number of hydrogen-bond donors (Lipinski definition) is 0. The highest BCUT2D eigenvalue weighted by Gasteiger charge is 2.04. The van der Waals surface area contributed by atoms with Crippen molar-refractivity contribution >= 4 is 27.7 Å². The summed E-state index contributed by atoms with van der Waals surface area (Å²) in [6.45, 7) is 4.01. The van der Waals surface area contributed by atoms with Crippen molar-refractivity contribution in [2.24, 2.45) is 0 Å². The summed E-state index contributed by atoms with van der Waals surface area (Å²) in [4.78, 5) is 1.14. The van der Waals surface area contributed by atoms with Crippen LogP contribution in [0.15, 0.2) is 21.5 Å². The minimum Gasteiger partial charge on any atom is -0.206 e. The maximum absolute atomic E-state index is 12.9. The third kappa shape index (κ3) is 2.23. The van der Waals surface area contributed by atoms with Crippen LogP contribution in [-0.2, 0) is 0 Å². The molecule has 12 heavy (non-hydrogen) atoms. The van der Waals surface area contributed by atoms with Crippen LogP contribution in [0, 0.1) is 12.7 Å². The van der Waals surface area contributed by atoms with Gasteiger partial charge in [-0.2, -0.15) is 0 Å². The van der Waals surface area contributed by atoms with E-state index in [2.05, 4.69) is 22.9 Å². The standard InChI is InChI=1S/C9H10BrFS/c1-3-12-9-5-7(10)8(11)4-6(9)2/h4-5H,3H2,1-2H3. The van der Waals surface area contributed by atoms with Crippen molar-refractivity contribution < 1.29 is 4.39 Å². The lowest BCUT2D eigenvalue weighted by molar-refractivity contribution is 0.618. The van der Waals surface area contributed by atoms with Gasteiger partial charge in [0, 0.05) is 4.90 Å². The first-order chi connectivity index (χ1) is 5.65. The summed E-state index contributed by atoms with van der Waals surface area (Å²) in [5, 5.41) is 0. The first-order valence-corrected chi connectivity index (χ1v) is 5.51. The van der Waals surface area contributed by atoms with Gasteiger partial charge in [0.1, 0.15) is 5.82 Å². The number of halogens is 2. The van der Waals surface area contributed by atoms with Gasteiger partial charge in [0.2, 0.25) is 0 Å². The maximum Gasteiger partial charge on any atom is 0.137 e. The molecule has 0 saturated heterocycles. The summed E-state index contributed by atoms with van der Waals surface area (Å²) in [5.41, 5.74) is 1.00. The van der Waals surface area contributed by atoms with Crippen molar-refractivity contribution in [3.8, 4) is 0 Å². The highest BCUT2D eigenvalue weighted by molar-refractivity contribution is 9.10. The molecular weight excluding hydrogens is 239 g/mol. The summed E-state index contributed by atoms with van der Waals surface area (Å²) in [6, 6.07) is 3.39. The van der Waals surface area contributed by atoms with Crippen molar-refractivity contribution in [2.75, 3.05) is 5.75 Å². The fraction of sp³-hybridized carbons (Fsp3) is 0.333. The molecule has 0 nitrogen and oxygen atoms in total. The average Bonchev–Trinajstić information content (AvgIpc) is 2.01. The molecule has 0 aromatic heterocycles. The minimum atomic E-state index is -0.187. The average molecular weight is 249 g/mol. The molecule has 3 heteroatoms. The molecule has 0 aliphatic rings. The number of thioether (sulfide) groups is 1. The Labute approximate surface area is 84.7 Å². The Hall–Kier alpha value is -0.0200. The second-order valence-corrected chi connectivity index (χ2v) is 4.63. The predicted molar refractivity (Wildman–Crippen MR) is 55.2 cm³/mol. The second kappa shape index (κ2) is 4.28. The van der Waals surface area contributed by atoms with Gasteiger partial charge in [-0.3, -0.25) is 0 Å². The highest BCUT2D eigenvalue weighted by atomic mass is 79.9. The quantitative estimate of drug-likeness (QED) is 0.713. The van der Waals surface area contributed by atoms with Gasteiger partial charge in [0.25, 0.3) is 0 Å². The zero-order valence-electron chi connectivity index (χ0n) is 7.03. The zero-order valence-corrected chi connectivity index (χ0v) is 9.43. The number of rotatable bonds is 2. The maximum atomic E-state index is 12.9. The number of benzene rings is 1. The SMILES string of the molecule is CCSc1cc(Br)c(F)cc1C. The molecule has 0 unspecified atom stereocenters. The van der Waals surface area contributed by atoms with Crippen molar-refractivity contribution in [3.05, 3.63) is 28.0 Å². The van der Waals surface area contributed by atoms with E-state index in [1.807, 2.05) is 13.0 Å². The van der Waals surface area contributed by atoms with E-state index in [9.17, 15) is 4.39 Å². The summed E-state index contributed by atoms with van der Waals surface area (Å²) in [5.74, 6) is 0.826. The molecule has 0 N–H and O–H groups in total. The van der Waals surface area contributed by atoms with Crippen LogP contribution in [0.4, 0.5) is 4.39 Å². The van der Waals surface area contributed by atoms with E-state index in [1.165, 1.54) is 0 Å². The van der Waals surface area contributed by atoms with Gasteiger partial charge in [-0.05, 0) is 46.3 Å². The first-order valence-electron chi connectivity index (χ1n) is 3.73. The summed E-state index contributed by atoms with van der Waals surface area (Å²) in [6.07, 6.45) is 0. The molecule has 0 radical (unpaired) electrons. The molecule has 1 aromatic rings. The molecule has 0 fully saturated rings. The first kappa shape index (κ1) is 10.1. The van der Waals surface area contributed by atoms with Crippen LogP contribution in [0.3, 0.4) is 0 Å². The van der Waals surface area contributed by atoms with Gasteiger partial charge in [-0.15, -0.1) is 11.8 Å². The smallest absolute Gasteiger partial charge is 0.137 e. The fourth-order valence-corrected chi connectivity index (χ4v) is 2.23. The molecule has 66 valence electrons. The molecule has 0 aliphatic carbocycles. The van der Waals surface area contributed by atoms with Crippen LogP contribution in [0.2, 0.25) is 0 Å². The molecule has 0 aliphatic heterocycles. The zero-order chi connectivity index (χ0) is 9.14. The Bertz CT molecular complexity index is 286. The lowest BCUT2D eigenvalue weighted by Gasteiger charge is -2.04. The minimum absolute atomic E-state index is 0.187. The summed E-state index contributed by atoms with van der Waals surface area (Å²) in [7, 11) is 0. The molecule has 1 rings (SSSR count). The van der Waals surface area contributed by atoms with E-state index in [0.717, 1.165) is 16.2 Å². The summed E-state index contributed by atoms with van der Waals surface area (Å²) >= 11 is 4.89. The normalized spacial score (nSPS) is 10.3. The molecule has 0 bridgehead atoms. The monoisotopic (exact) mass is 248 g/mol. The van der Waals surface area contributed by atoms with E-state index >= 15 is 0 Å². The van der Waals surface area contributed by atoms with Gasteiger partial charge in [0.15, 0.2) is 0 Å². The Kier molecular flexibility index (Phi) is 3.59. The summed E-state index contributed by atoms with van der Waals surface area (Å²) < 4.78 is 13.5. The molecule has 0 saturated carbocycles. The Morgan fingerprint density at radius 3 is 2.75 bits per heavy atom. The van der Waals surface area contributed by atoms with Crippen LogP contribution in [0.1, 0.15) is 12.5 Å². The van der Waals surface area contributed by atoms with Gasteiger partial charge in [0.05, 0.1) is 4.47 Å². The van der Waals surface area contributed by atoms with Crippen LogP contribution in [-0.4, -0.2) is 5.75 Å².